The molecular formula is C13H11F2NO5S. The first-order valence-corrected chi connectivity index (χ1v) is 7.44. The minimum atomic E-state index is -4.48. The standard InChI is InChI=1S/C13H11F2NO5S/c14-10-5-4-8(7-11(10)15)22(20,21)16-13(19)6-2-1-3-9(13)12(17)18/h1-7,9,16,19H,(H,17,18). The summed E-state index contributed by atoms with van der Waals surface area (Å²) in [5.41, 5.74) is -2.43. The van der Waals surface area contributed by atoms with Crippen LogP contribution in [0.3, 0.4) is 0 Å². The van der Waals surface area contributed by atoms with Crippen LogP contribution in [0.4, 0.5) is 8.78 Å². The summed E-state index contributed by atoms with van der Waals surface area (Å²) in [5.74, 6) is -5.65. The van der Waals surface area contributed by atoms with Gasteiger partial charge in [-0.15, -0.1) is 0 Å². The maximum atomic E-state index is 13.1. The summed E-state index contributed by atoms with van der Waals surface area (Å²) < 4.78 is 52.0. The van der Waals surface area contributed by atoms with Crippen molar-refractivity contribution < 1.29 is 32.2 Å². The lowest BCUT2D eigenvalue weighted by molar-refractivity contribution is -0.146. The van der Waals surface area contributed by atoms with Gasteiger partial charge in [0.25, 0.3) is 0 Å². The van der Waals surface area contributed by atoms with Gasteiger partial charge < -0.3 is 10.2 Å². The number of halogens is 2. The van der Waals surface area contributed by atoms with Crippen LogP contribution in [0.2, 0.25) is 0 Å². The van der Waals surface area contributed by atoms with Crippen LogP contribution >= 0.6 is 0 Å². The normalized spacial score (nSPS) is 24.4. The van der Waals surface area contributed by atoms with Gasteiger partial charge in [0.15, 0.2) is 17.4 Å². The molecule has 1 aromatic carbocycles. The van der Waals surface area contributed by atoms with Crippen LogP contribution in [0.15, 0.2) is 47.4 Å². The zero-order chi connectivity index (χ0) is 16.5. The molecule has 1 aliphatic rings. The number of hydrogen-bond acceptors (Lipinski definition) is 4. The molecule has 0 saturated carbocycles. The third-order valence-electron chi connectivity index (χ3n) is 3.00. The van der Waals surface area contributed by atoms with E-state index >= 15 is 0 Å². The van der Waals surface area contributed by atoms with Crippen molar-refractivity contribution in [3.05, 3.63) is 54.1 Å². The van der Waals surface area contributed by atoms with Gasteiger partial charge in [0.1, 0.15) is 5.92 Å². The van der Waals surface area contributed by atoms with E-state index in [0.717, 1.165) is 18.2 Å². The monoisotopic (exact) mass is 331 g/mol. The number of nitrogens with one attached hydrogen (secondary N) is 1. The fourth-order valence-corrected chi connectivity index (χ4v) is 3.16. The molecule has 0 saturated heterocycles. The smallest absolute Gasteiger partial charge is 0.315 e. The molecule has 0 spiro atoms. The van der Waals surface area contributed by atoms with Crippen LogP contribution in [-0.4, -0.2) is 30.3 Å². The number of hydrogen-bond donors (Lipinski definition) is 3. The molecule has 118 valence electrons. The van der Waals surface area contributed by atoms with E-state index in [1.807, 2.05) is 0 Å². The van der Waals surface area contributed by atoms with E-state index in [9.17, 15) is 27.1 Å². The van der Waals surface area contributed by atoms with E-state index in [-0.39, 0.29) is 0 Å². The molecule has 0 fully saturated rings. The number of benzene rings is 1. The topological polar surface area (TPSA) is 104 Å². The minimum Gasteiger partial charge on any atom is -0.481 e. The summed E-state index contributed by atoms with van der Waals surface area (Å²) in [5, 5.41) is 19.3. The van der Waals surface area contributed by atoms with Gasteiger partial charge in [-0.3, -0.25) is 4.79 Å². The van der Waals surface area contributed by atoms with Gasteiger partial charge >= 0.3 is 5.97 Å². The predicted octanol–water partition coefficient (Wildman–Crippen LogP) is 0.759. The molecule has 2 rings (SSSR count). The Morgan fingerprint density at radius 2 is 1.91 bits per heavy atom. The van der Waals surface area contributed by atoms with Gasteiger partial charge in [0, 0.05) is 0 Å². The fraction of sp³-hybridized carbons (Fsp3) is 0.154. The Morgan fingerprint density at radius 1 is 1.23 bits per heavy atom. The number of rotatable bonds is 4. The lowest BCUT2D eigenvalue weighted by Gasteiger charge is -2.31. The van der Waals surface area contributed by atoms with Crippen molar-refractivity contribution in [1.29, 1.82) is 0 Å². The Hall–Kier alpha value is -2.10. The highest BCUT2D eigenvalue weighted by molar-refractivity contribution is 7.89. The molecule has 1 aromatic rings. The number of carboxylic acids is 1. The Bertz CT molecular complexity index is 775. The van der Waals surface area contributed by atoms with Crippen molar-refractivity contribution in [2.45, 2.75) is 10.6 Å². The zero-order valence-electron chi connectivity index (χ0n) is 10.9. The molecule has 0 radical (unpaired) electrons. The third-order valence-corrected chi connectivity index (χ3v) is 4.47. The average Bonchev–Trinajstić information content (AvgIpc) is 2.40. The summed E-state index contributed by atoms with van der Waals surface area (Å²) in [4.78, 5) is 10.5. The third kappa shape index (κ3) is 3.06. The van der Waals surface area contributed by atoms with E-state index in [1.165, 1.54) is 12.2 Å². The molecule has 6 nitrogen and oxygen atoms in total. The van der Waals surface area contributed by atoms with E-state index in [4.69, 9.17) is 5.11 Å². The SMILES string of the molecule is O=C(O)C1C=CC=CC1(O)NS(=O)(=O)c1ccc(F)c(F)c1. The molecule has 1 aliphatic carbocycles. The highest BCUT2D eigenvalue weighted by Crippen LogP contribution is 2.25. The fourth-order valence-electron chi connectivity index (χ4n) is 1.91. The molecule has 2 atom stereocenters. The summed E-state index contributed by atoms with van der Waals surface area (Å²) in [6, 6.07) is 1.83. The predicted molar refractivity (Wildman–Crippen MR) is 71.0 cm³/mol. The average molecular weight is 331 g/mol. The first-order valence-electron chi connectivity index (χ1n) is 5.96. The van der Waals surface area contributed by atoms with Crippen molar-refractivity contribution in [2.24, 2.45) is 5.92 Å². The van der Waals surface area contributed by atoms with Gasteiger partial charge in [0.05, 0.1) is 4.90 Å². The quantitative estimate of drug-likeness (QED) is 0.707. The molecular weight excluding hydrogens is 320 g/mol. The maximum absolute atomic E-state index is 13.1. The van der Waals surface area contributed by atoms with E-state index < -0.39 is 44.2 Å². The Kier molecular flexibility index (Phi) is 4.14. The van der Waals surface area contributed by atoms with Crippen LogP contribution in [0, 0.1) is 17.6 Å². The number of carboxylic acid groups (broad SMARTS) is 1. The highest BCUT2D eigenvalue weighted by atomic mass is 32.2. The second-order valence-electron chi connectivity index (χ2n) is 4.57. The number of carbonyl (C=O) groups is 1. The van der Waals surface area contributed by atoms with Gasteiger partial charge in [-0.25, -0.2) is 17.2 Å². The van der Waals surface area contributed by atoms with Gasteiger partial charge in [-0.1, -0.05) is 18.2 Å². The first kappa shape index (κ1) is 16.3. The molecule has 0 aromatic heterocycles. The van der Waals surface area contributed by atoms with Gasteiger partial charge in [-0.2, -0.15) is 4.72 Å². The summed E-state index contributed by atoms with van der Waals surface area (Å²) in [7, 11) is -4.48. The van der Waals surface area contributed by atoms with Crippen LogP contribution in [0.5, 0.6) is 0 Å². The van der Waals surface area contributed by atoms with E-state index in [2.05, 4.69) is 0 Å². The van der Waals surface area contributed by atoms with Crippen molar-refractivity contribution in [3.63, 3.8) is 0 Å². The zero-order valence-corrected chi connectivity index (χ0v) is 11.7. The second-order valence-corrected chi connectivity index (χ2v) is 6.25. The van der Waals surface area contributed by atoms with Gasteiger partial charge in [0.2, 0.25) is 10.0 Å². The number of aliphatic carboxylic acids is 1. The number of aliphatic hydroxyl groups is 1. The Morgan fingerprint density at radius 3 is 2.50 bits per heavy atom. The van der Waals surface area contributed by atoms with Crippen LogP contribution in [0.25, 0.3) is 0 Å². The summed E-state index contributed by atoms with van der Waals surface area (Å²) >= 11 is 0. The molecule has 0 bridgehead atoms. The summed E-state index contributed by atoms with van der Waals surface area (Å²) in [6.45, 7) is 0. The molecule has 0 amide bonds. The summed E-state index contributed by atoms with van der Waals surface area (Å²) in [6.07, 6.45) is 4.63. The molecule has 0 heterocycles. The molecule has 3 N–H and O–H groups in total. The van der Waals surface area contributed by atoms with Crippen LogP contribution < -0.4 is 4.72 Å². The lowest BCUT2D eigenvalue weighted by Crippen LogP contribution is -2.54. The number of sulfonamides is 1. The molecule has 22 heavy (non-hydrogen) atoms. The van der Waals surface area contributed by atoms with E-state index in [0.29, 0.717) is 12.1 Å². The van der Waals surface area contributed by atoms with Gasteiger partial charge in [-0.05, 0) is 24.3 Å². The van der Waals surface area contributed by atoms with Crippen molar-refractivity contribution >= 4 is 16.0 Å². The second kappa shape index (κ2) is 5.59. The Labute approximate surface area is 124 Å². The molecule has 9 heteroatoms. The largest absolute Gasteiger partial charge is 0.481 e. The van der Waals surface area contributed by atoms with Crippen LogP contribution in [0.1, 0.15) is 0 Å². The molecule has 2 unspecified atom stereocenters. The lowest BCUT2D eigenvalue weighted by atomic mass is 9.92. The highest BCUT2D eigenvalue weighted by Gasteiger charge is 2.42. The van der Waals surface area contributed by atoms with Crippen molar-refractivity contribution in [3.8, 4) is 0 Å². The Balaban J connectivity index is 2.38. The van der Waals surface area contributed by atoms with E-state index in [1.54, 1.807) is 4.72 Å². The van der Waals surface area contributed by atoms with Crippen LogP contribution in [-0.2, 0) is 14.8 Å². The van der Waals surface area contributed by atoms with Crippen molar-refractivity contribution in [1.82, 2.24) is 4.72 Å². The maximum Gasteiger partial charge on any atom is 0.315 e. The molecule has 0 aliphatic heterocycles. The minimum absolute atomic E-state index is 0.430. The van der Waals surface area contributed by atoms with Crippen molar-refractivity contribution in [2.75, 3.05) is 0 Å². The number of allylic oxidation sites excluding steroid dienone is 2. The first-order chi connectivity index (χ1) is 10.2.